The van der Waals surface area contributed by atoms with Crippen molar-refractivity contribution in [1.82, 2.24) is 9.62 Å². The predicted molar refractivity (Wildman–Crippen MR) is 190 cm³/mol. The van der Waals surface area contributed by atoms with Gasteiger partial charge in [0.15, 0.2) is 0 Å². The number of nitrogens with zero attached hydrogens (tertiary/aromatic N) is 1. The lowest BCUT2D eigenvalue weighted by Gasteiger charge is -2.29. The van der Waals surface area contributed by atoms with Crippen LogP contribution in [0.15, 0.2) is 72.8 Å². The van der Waals surface area contributed by atoms with Gasteiger partial charge in [-0.15, -0.1) is 0 Å². The molecule has 1 saturated carbocycles. The number of hydrogen-bond acceptors (Lipinski definition) is 9. The molecule has 2 amide bonds. The number of hydrogen-bond donors (Lipinski definition) is 2. The molecular formula is C38H48N2O9S. The van der Waals surface area contributed by atoms with E-state index in [-0.39, 0.29) is 30.4 Å². The maximum atomic E-state index is 13.2. The molecule has 3 aromatic carbocycles. The Balaban J connectivity index is 1.50. The van der Waals surface area contributed by atoms with Crippen molar-refractivity contribution in [2.24, 2.45) is 0 Å². The van der Waals surface area contributed by atoms with Crippen LogP contribution in [0, 0.1) is 0 Å². The summed E-state index contributed by atoms with van der Waals surface area (Å²) >= 11 is 0. The maximum Gasteiger partial charge on any atom is 0.410 e. The molecule has 3 aromatic rings. The molecule has 1 aliphatic rings. The highest BCUT2D eigenvalue weighted by Gasteiger charge is 2.26. The summed E-state index contributed by atoms with van der Waals surface area (Å²) in [7, 11) is -2.94. The molecule has 2 N–H and O–H groups in total. The van der Waals surface area contributed by atoms with Gasteiger partial charge in [0.25, 0.3) is 5.91 Å². The molecule has 1 atom stereocenters. The van der Waals surface area contributed by atoms with Crippen molar-refractivity contribution in [2.75, 3.05) is 26.0 Å². The third kappa shape index (κ3) is 11.9. The standard InChI is InChI=1S/C38H48N2O9S/c1-38(2,3)49-37(44)40(26-33(41)29-11-7-5-8-12-29)23-21-27-15-17-28(18-16-27)30-19-20-32(34(25-30)48-31-13-9-6-10-14-31)36(43)39-50(45,46)24-22-35(42)47-4/h5,7-8,11-12,15-20,25,31,33,41H,6,9-10,13-14,21-24,26H2,1-4H3,(H,39,43)/t33-/m0/s1. The summed E-state index contributed by atoms with van der Waals surface area (Å²) in [5, 5.41) is 10.9. The van der Waals surface area contributed by atoms with Crippen LogP contribution in [0.4, 0.5) is 4.79 Å². The molecule has 0 bridgehead atoms. The summed E-state index contributed by atoms with van der Waals surface area (Å²) in [5.74, 6) is -1.84. The molecule has 4 rings (SSSR count). The highest BCUT2D eigenvalue weighted by atomic mass is 32.2. The normalized spacial score (nSPS) is 14.3. The third-order valence-corrected chi connectivity index (χ3v) is 9.55. The number of rotatable bonds is 14. The molecule has 0 saturated heterocycles. The monoisotopic (exact) mass is 708 g/mol. The highest BCUT2D eigenvalue weighted by Crippen LogP contribution is 2.31. The van der Waals surface area contributed by atoms with E-state index in [4.69, 9.17) is 9.47 Å². The molecular weight excluding hydrogens is 660 g/mol. The van der Waals surface area contributed by atoms with Crippen molar-refractivity contribution < 1.29 is 42.1 Å². The molecule has 11 nitrogen and oxygen atoms in total. The van der Waals surface area contributed by atoms with E-state index in [1.807, 2.05) is 54.6 Å². The van der Waals surface area contributed by atoms with E-state index in [1.54, 1.807) is 39.0 Å². The Morgan fingerprint density at radius 3 is 2.24 bits per heavy atom. The molecule has 1 aliphatic carbocycles. The van der Waals surface area contributed by atoms with Crippen LogP contribution in [0.3, 0.4) is 0 Å². The number of carbonyl (C=O) groups excluding carboxylic acids is 3. The molecule has 0 heterocycles. The average molecular weight is 709 g/mol. The molecule has 0 unspecified atom stereocenters. The summed E-state index contributed by atoms with van der Waals surface area (Å²) in [6.07, 6.45) is 3.45. The molecule has 1 fully saturated rings. The van der Waals surface area contributed by atoms with Crippen LogP contribution in [-0.2, 0) is 30.7 Å². The minimum Gasteiger partial charge on any atom is -0.490 e. The largest absolute Gasteiger partial charge is 0.490 e. The lowest BCUT2D eigenvalue weighted by Crippen LogP contribution is -2.40. The van der Waals surface area contributed by atoms with Gasteiger partial charge in [-0.25, -0.2) is 17.9 Å². The lowest BCUT2D eigenvalue weighted by molar-refractivity contribution is -0.140. The third-order valence-electron chi connectivity index (χ3n) is 8.31. The van der Waals surface area contributed by atoms with Gasteiger partial charge >= 0.3 is 12.1 Å². The second-order valence-corrected chi connectivity index (χ2v) is 15.3. The van der Waals surface area contributed by atoms with Crippen molar-refractivity contribution in [3.05, 3.63) is 89.5 Å². The van der Waals surface area contributed by atoms with E-state index in [2.05, 4.69) is 9.46 Å². The lowest BCUT2D eigenvalue weighted by atomic mass is 9.97. The fraction of sp³-hybridized carbons (Fsp3) is 0.447. The first-order chi connectivity index (χ1) is 23.7. The second kappa shape index (κ2) is 17.5. The van der Waals surface area contributed by atoms with Crippen LogP contribution in [0.25, 0.3) is 11.1 Å². The molecule has 0 aromatic heterocycles. The molecule has 50 heavy (non-hydrogen) atoms. The summed E-state index contributed by atoms with van der Waals surface area (Å²) in [4.78, 5) is 39.3. The Labute approximate surface area is 295 Å². The number of aliphatic hydroxyl groups is 1. The van der Waals surface area contributed by atoms with Gasteiger partial charge in [-0.2, -0.15) is 0 Å². The zero-order chi connectivity index (χ0) is 36.3. The van der Waals surface area contributed by atoms with E-state index in [1.165, 1.54) is 4.90 Å². The fourth-order valence-corrected chi connectivity index (χ4v) is 6.55. The number of ether oxygens (including phenoxy) is 3. The van der Waals surface area contributed by atoms with Gasteiger partial charge in [-0.1, -0.05) is 67.1 Å². The predicted octanol–water partition coefficient (Wildman–Crippen LogP) is 6.20. The Kier molecular flexibility index (Phi) is 13.4. The first-order valence-electron chi connectivity index (χ1n) is 17.0. The van der Waals surface area contributed by atoms with Gasteiger partial charge in [-0.3, -0.25) is 9.59 Å². The van der Waals surface area contributed by atoms with Gasteiger partial charge in [0.2, 0.25) is 10.0 Å². The smallest absolute Gasteiger partial charge is 0.410 e. The number of methoxy groups -OCH3 is 1. The summed E-state index contributed by atoms with van der Waals surface area (Å²) in [5.41, 5.74) is 2.68. The van der Waals surface area contributed by atoms with E-state index >= 15 is 0 Å². The Hall–Kier alpha value is -4.42. The van der Waals surface area contributed by atoms with Crippen LogP contribution >= 0.6 is 0 Å². The van der Waals surface area contributed by atoms with Crippen LogP contribution in [0.1, 0.15) is 86.9 Å². The van der Waals surface area contributed by atoms with Crippen molar-refractivity contribution in [3.8, 4) is 16.9 Å². The molecule has 0 aliphatic heterocycles. The number of amides is 2. The topological polar surface area (TPSA) is 149 Å². The van der Waals surface area contributed by atoms with Gasteiger partial charge in [-0.05, 0) is 87.3 Å². The zero-order valence-electron chi connectivity index (χ0n) is 29.2. The molecule has 12 heteroatoms. The number of esters is 1. The first kappa shape index (κ1) is 38.4. The zero-order valence-corrected chi connectivity index (χ0v) is 30.0. The van der Waals surface area contributed by atoms with Crippen LogP contribution < -0.4 is 9.46 Å². The van der Waals surface area contributed by atoms with Gasteiger partial charge in [0.05, 0.1) is 43.6 Å². The maximum absolute atomic E-state index is 13.2. The second-order valence-electron chi connectivity index (χ2n) is 13.5. The fourth-order valence-electron chi connectivity index (χ4n) is 5.62. The van der Waals surface area contributed by atoms with Crippen LogP contribution in [0.5, 0.6) is 5.75 Å². The number of nitrogens with one attached hydrogen (secondary N) is 1. The van der Waals surface area contributed by atoms with Crippen molar-refractivity contribution >= 4 is 28.0 Å². The van der Waals surface area contributed by atoms with Crippen molar-refractivity contribution in [2.45, 2.75) is 83.5 Å². The minimum absolute atomic E-state index is 0.0767. The number of aliphatic hydroxyl groups excluding tert-OH is 1. The van der Waals surface area contributed by atoms with Crippen LogP contribution in [0.2, 0.25) is 0 Å². The van der Waals surface area contributed by atoms with Gasteiger partial charge < -0.3 is 24.2 Å². The van der Waals surface area contributed by atoms with E-state index in [0.29, 0.717) is 18.5 Å². The quantitative estimate of drug-likeness (QED) is 0.187. The van der Waals surface area contributed by atoms with Crippen LogP contribution in [-0.4, -0.2) is 74.1 Å². The van der Waals surface area contributed by atoms with E-state index < -0.39 is 45.5 Å². The highest BCUT2D eigenvalue weighted by molar-refractivity contribution is 7.90. The summed E-state index contributed by atoms with van der Waals surface area (Å²) in [6.45, 7) is 5.80. The Morgan fingerprint density at radius 2 is 1.60 bits per heavy atom. The number of carbonyl (C=O) groups is 3. The Morgan fingerprint density at radius 1 is 0.940 bits per heavy atom. The van der Waals surface area contributed by atoms with Crippen molar-refractivity contribution in [3.63, 3.8) is 0 Å². The Bertz CT molecular complexity index is 1700. The summed E-state index contributed by atoms with van der Waals surface area (Å²) in [6, 6.07) is 22.0. The molecule has 270 valence electrons. The number of sulfonamides is 1. The number of benzene rings is 3. The minimum atomic E-state index is -4.10. The SMILES string of the molecule is COC(=O)CCS(=O)(=O)NC(=O)c1ccc(-c2ccc(CCN(C[C@H](O)c3ccccc3)C(=O)OC(C)(C)C)cc2)cc1OC1CCCCC1. The van der Waals surface area contributed by atoms with E-state index in [0.717, 1.165) is 55.9 Å². The van der Waals surface area contributed by atoms with Gasteiger partial charge in [0, 0.05) is 6.54 Å². The first-order valence-corrected chi connectivity index (χ1v) is 18.6. The average Bonchev–Trinajstić information content (AvgIpc) is 3.09. The summed E-state index contributed by atoms with van der Waals surface area (Å²) < 4.78 is 43.6. The van der Waals surface area contributed by atoms with Gasteiger partial charge in [0.1, 0.15) is 11.4 Å². The molecule has 0 radical (unpaired) electrons. The van der Waals surface area contributed by atoms with Crippen molar-refractivity contribution in [1.29, 1.82) is 0 Å². The molecule has 0 spiro atoms. The van der Waals surface area contributed by atoms with E-state index in [9.17, 15) is 27.9 Å².